The summed E-state index contributed by atoms with van der Waals surface area (Å²) in [7, 11) is 1.63. The number of rotatable bonds is 13. The van der Waals surface area contributed by atoms with Crippen LogP contribution in [0.25, 0.3) is 0 Å². The minimum Gasteiger partial charge on any atom is -0.493 e. The van der Waals surface area contributed by atoms with Gasteiger partial charge in [-0.3, -0.25) is 14.5 Å². The summed E-state index contributed by atoms with van der Waals surface area (Å²) in [6, 6.07) is 7.06. The standard InChI is InChI=1S/C28H29F5N4O3/c1-16(37(2)14-22-25(32)11-19(12-26(22)33)40-7-3-6-34)20-5-4-17(8-27(20)36-15-38)28(39)35-13-21-23(30)9-18(29)10-24(21)31/h4-5,8-12,15-16H,3,6-7,13-14,34H2,1-2H3,(H,35,39)(H,36,38). The number of amides is 2. The van der Waals surface area contributed by atoms with Gasteiger partial charge in [0.15, 0.2) is 0 Å². The minimum atomic E-state index is -1.14. The molecule has 0 aliphatic carbocycles. The van der Waals surface area contributed by atoms with E-state index >= 15 is 0 Å². The molecule has 12 heteroatoms. The van der Waals surface area contributed by atoms with Crippen molar-refractivity contribution >= 4 is 18.0 Å². The number of halogens is 5. The molecule has 0 heterocycles. The molecular weight excluding hydrogens is 535 g/mol. The number of carbonyl (C=O) groups excluding carboxylic acids is 2. The van der Waals surface area contributed by atoms with Crippen molar-refractivity contribution in [1.29, 1.82) is 0 Å². The third kappa shape index (κ3) is 7.54. The summed E-state index contributed by atoms with van der Waals surface area (Å²) in [6.07, 6.45) is 0.938. The van der Waals surface area contributed by atoms with E-state index in [1.807, 2.05) is 0 Å². The highest BCUT2D eigenvalue weighted by atomic mass is 19.2. The van der Waals surface area contributed by atoms with Crippen LogP contribution in [0.3, 0.4) is 0 Å². The predicted octanol–water partition coefficient (Wildman–Crippen LogP) is 4.80. The first kappa shape index (κ1) is 30.5. The fourth-order valence-electron chi connectivity index (χ4n) is 3.97. The molecular formula is C28H29F5N4O3. The number of nitrogens with one attached hydrogen (secondary N) is 2. The van der Waals surface area contributed by atoms with Gasteiger partial charge in [0.05, 0.1) is 6.61 Å². The van der Waals surface area contributed by atoms with Crippen LogP contribution in [0.15, 0.2) is 42.5 Å². The fraction of sp³-hybridized carbons (Fsp3) is 0.286. The van der Waals surface area contributed by atoms with Gasteiger partial charge in [-0.25, -0.2) is 22.0 Å². The monoisotopic (exact) mass is 564 g/mol. The molecule has 0 aliphatic rings. The molecule has 3 rings (SSSR count). The highest BCUT2D eigenvalue weighted by Crippen LogP contribution is 2.30. The lowest BCUT2D eigenvalue weighted by atomic mass is 10.0. The van der Waals surface area contributed by atoms with Gasteiger partial charge in [0.25, 0.3) is 5.91 Å². The highest BCUT2D eigenvalue weighted by Gasteiger charge is 2.21. The molecule has 1 unspecified atom stereocenters. The van der Waals surface area contributed by atoms with Gasteiger partial charge in [-0.1, -0.05) is 6.07 Å². The summed E-state index contributed by atoms with van der Waals surface area (Å²) in [5.74, 6) is -5.59. The maximum Gasteiger partial charge on any atom is 0.251 e. The average Bonchev–Trinajstić information content (AvgIpc) is 2.89. The third-order valence-corrected chi connectivity index (χ3v) is 6.31. The Morgan fingerprint density at radius 3 is 2.23 bits per heavy atom. The lowest BCUT2D eigenvalue weighted by Gasteiger charge is -2.27. The molecule has 0 bridgehead atoms. The van der Waals surface area contributed by atoms with Gasteiger partial charge < -0.3 is 21.1 Å². The van der Waals surface area contributed by atoms with E-state index in [1.54, 1.807) is 24.9 Å². The molecule has 1 atom stereocenters. The lowest BCUT2D eigenvalue weighted by Crippen LogP contribution is -2.26. The molecule has 3 aromatic carbocycles. The molecule has 214 valence electrons. The quantitative estimate of drug-likeness (QED) is 0.158. The van der Waals surface area contributed by atoms with Gasteiger partial charge in [-0.15, -0.1) is 0 Å². The molecule has 0 aromatic heterocycles. The Morgan fingerprint density at radius 2 is 1.62 bits per heavy atom. The molecule has 7 nitrogen and oxygen atoms in total. The lowest BCUT2D eigenvalue weighted by molar-refractivity contribution is -0.105. The van der Waals surface area contributed by atoms with Crippen LogP contribution >= 0.6 is 0 Å². The Hall–Kier alpha value is -4.03. The normalized spacial score (nSPS) is 11.8. The van der Waals surface area contributed by atoms with Crippen LogP contribution in [0.1, 0.15) is 46.4 Å². The number of ether oxygens (including phenoxy) is 1. The van der Waals surface area contributed by atoms with E-state index in [0.717, 1.165) is 12.1 Å². The summed E-state index contributed by atoms with van der Waals surface area (Å²) < 4.78 is 75.7. The van der Waals surface area contributed by atoms with Crippen molar-refractivity contribution in [3.8, 4) is 5.75 Å². The minimum absolute atomic E-state index is 0.0548. The van der Waals surface area contributed by atoms with Crippen LogP contribution in [0.2, 0.25) is 0 Å². The first-order chi connectivity index (χ1) is 19.0. The highest BCUT2D eigenvalue weighted by molar-refractivity contribution is 5.96. The average molecular weight is 565 g/mol. The molecule has 0 aliphatic heterocycles. The van der Waals surface area contributed by atoms with E-state index in [0.29, 0.717) is 37.1 Å². The number of carbonyl (C=O) groups is 2. The van der Waals surface area contributed by atoms with E-state index in [1.165, 1.54) is 12.1 Å². The Kier molecular flexibility index (Phi) is 10.6. The van der Waals surface area contributed by atoms with Gasteiger partial charge in [-0.05, 0) is 44.6 Å². The third-order valence-electron chi connectivity index (χ3n) is 6.31. The first-order valence-electron chi connectivity index (χ1n) is 12.3. The summed E-state index contributed by atoms with van der Waals surface area (Å²) in [5.41, 5.74) is 5.54. The maximum atomic E-state index is 14.7. The van der Waals surface area contributed by atoms with Crippen molar-refractivity contribution in [2.24, 2.45) is 5.73 Å². The predicted molar refractivity (Wildman–Crippen MR) is 139 cm³/mol. The molecule has 4 N–H and O–H groups in total. The number of benzene rings is 3. The first-order valence-corrected chi connectivity index (χ1v) is 12.3. The maximum absolute atomic E-state index is 14.7. The molecule has 0 saturated carbocycles. The zero-order valence-electron chi connectivity index (χ0n) is 21.9. The molecule has 0 saturated heterocycles. The van der Waals surface area contributed by atoms with Crippen molar-refractivity contribution in [3.63, 3.8) is 0 Å². The van der Waals surface area contributed by atoms with E-state index in [-0.39, 0.29) is 35.7 Å². The van der Waals surface area contributed by atoms with Gasteiger partial charge in [0, 0.05) is 65.8 Å². The number of hydrogen-bond donors (Lipinski definition) is 3. The van der Waals surface area contributed by atoms with Crippen molar-refractivity contribution in [1.82, 2.24) is 10.2 Å². The largest absolute Gasteiger partial charge is 0.493 e. The molecule has 0 fully saturated rings. The summed E-state index contributed by atoms with van der Waals surface area (Å²) >= 11 is 0. The van der Waals surface area contributed by atoms with Crippen molar-refractivity contribution in [2.75, 3.05) is 25.5 Å². The Bertz CT molecular complexity index is 1330. The van der Waals surface area contributed by atoms with Gasteiger partial charge >= 0.3 is 0 Å². The topological polar surface area (TPSA) is 96.7 Å². The zero-order valence-corrected chi connectivity index (χ0v) is 21.9. The van der Waals surface area contributed by atoms with Gasteiger partial charge in [0.1, 0.15) is 34.8 Å². The molecule has 0 radical (unpaired) electrons. The van der Waals surface area contributed by atoms with E-state index in [2.05, 4.69) is 10.6 Å². The van der Waals surface area contributed by atoms with Crippen LogP contribution in [-0.4, -0.2) is 37.4 Å². The number of hydrogen-bond acceptors (Lipinski definition) is 5. The Morgan fingerprint density at radius 1 is 1.00 bits per heavy atom. The molecule has 2 amide bonds. The summed E-state index contributed by atoms with van der Waals surface area (Å²) in [4.78, 5) is 25.6. The smallest absolute Gasteiger partial charge is 0.251 e. The Labute approximate surface area is 228 Å². The van der Waals surface area contributed by atoms with Gasteiger partial charge in [-0.2, -0.15) is 0 Å². The Balaban J connectivity index is 1.75. The van der Waals surface area contributed by atoms with Crippen LogP contribution in [0, 0.1) is 29.1 Å². The SMILES string of the molecule is CC(c1ccc(C(=O)NCc2c(F)cc(F)cc2F)cc1NC=O)N(C)Cc1c(F)cc(OCCCN)cc1F. The van der Waals surface area contributed by atoms with Gasteiger partial charge in [0.2, 0.25) is 6.41 Å². The van der Waals surface area contributed by atoms with Crippen LogP contribution in [0.5, 0.6) is 5.75 Å². The second-order valence-electron chi connectivity index (χ2n) is 9.04. The molecule has 40 heavy (non-hydrogen) atoms. The molecule has 0 spiro atoms. The van der Waals surface area contributed by atoms with Crippen LogP contribution < -0.4 is 21.1 Å². The second-order valence-corrected chi connectivity index (χ2v) is 9.04. The van der Waals surface area contributed by atoms with Crippen molar-refractivity contribution < 1.29 is 36.3 Å². The summed E-state index contributed by atoms with van der Waals surface area (Å²) in [5, 5.41) is 4.86. The summed E-state index contributed by atoms with van der Waals surface area (Å²) in [6.45, 7) is 1.69. The van der Waals surface area contributed by atoms with Crippen LogP contribution in [-0.2, 0) is 17.9 Å². The van der Waals surface area contributed by atoms with E-state index < -0.39 is 53.1 Å². The number of nitrogens with two attached hydrogens (primary N) is 1. The fourth-order valence-corrected chi connectivity index (χ4v) is 3.97. The van der Waals surface area contributed by atoms with Crippen molar-refractivity contribution in [2.45, 2.75) is 32.5 Å². The van der Waals surface area contributed by atoms with E-state index in [9.17, 15) is 31.5 Å². The van der Waals surface area contributed by atoms with Crippen LogP contribution in [0.4, 0.5) is 27.6 Å². The van der Waals surface area contributed by atoms with Crippen molar-refractivity contribution in [3.05, 3.63) is 93.8 Å². The number of nitrogens with zero attached hydrogens (tertiary/aromatic N) is 1. The van der Waals surface area contributed by atoms with E-state index in [4.69, 9.17) is 10.5 Å². The second kappa shape index (κ2) is 13.9. The zero-order chi connectivity index (χ0) is 29.4. The number of anilines is 1. The molecule has 3 aromatic rings.